The fourth-order valence-electron chi connectivity index (χ4n) is 8.88. The number of nitrogens with zero attached hydrogens (tertiary/aromatic N) is 2. The maximum absolute atomic E-state index is 6.22. The molecule has 0 radical (unpaired) electrons. The van der Waals surface area contributed by atoms with Gasteiger partial charge in [-0.25, -0.2) is 0 Å². The Morgan fingerprint density at radius 3 is 1.66 bits per heavy atom. The Bertz CT molecular complexity index is 3450. The summed E-state index contributed by atoms with van der Waals surface area (Å²) in [6, 6.07) is 74.4. The van der Waals surface area contributed by atoms with Gasteiger partial charge in [-0.3, -0.25) is 0 Å². The quantitative estimate of drug-likeness (QED) is 0.168. The van der Waals surface area contributed by atoms with Crippen molar-refractivity contribution in [3.05, 3.63) is 206 Å². The highest BCUT2D eigenvalue weighted by Gasteiger charge is 2.19. The van der Waals surface area contributed by atoms with Crippen LogP contribution in [-0.4, -0.2) is 4.57 Å². The molecule has 0 unspecified atom stereocenters. The second-order valence-electron chi connectivity index (χ2n) is 14.9. The van der Waals surface area contributed by atoms with Crippen molar-refractivity contribution in [1.29, 1.82) is 0 Å². The van der Waals surface area contributed by atoms with Crippen LogP contribution in [0.25, 0.3) is 91.9 Å². The first-order valence-electron chi connectivity index (χ1n) is 19.7. The molecule has 0 bridgehead atoms. The van der Waals surface area contributed by atoms with Crippen LogP contribution in [0.15, 0.2) is 211 Å². The Kier molecular flexibility index (Phi) is 7.40. The fourth-order valence-corrected chi connectivity index (χ4v) is 10.1. The Balaban J connectivity index is 0.967. The largest absolute Gasteiger partial charge is 0.456 e. The predicted octanol–water partition coefficient (Wildman–Crippen LogP) is 15.9. The van der Waals surface area contributed by atoms with Crippen LogP contribution in [-0.2, 0) is 0 Å². The maximum atomic E-state index is 6.22. The Labute approximate surface area is 338 Å². The standard InChI is InChI=1S/C54H34N2OS/c1-2-12-38(13-3-1)55(39-27-22-35(23-28-39)37-26-31-45-44-16-6-10-20-51(44)57-52(45)32-37)40-29-24-36(25-30-40)47-33-41(34-48-46-17-7-11-21-53(46)58-54(47)48)56-49-18-8-4-14-42(49)43-15-5-9-19-50(43)56/h1-34H. The number of benzene rings is 9. The highest BCUT2D eigenvalue weighted by Crippen LogP contribution is 2.44. The van der Waals surface area contributed by atoms with E-state index in [0.717, 1.165) is 55.8 Å². The SMILES string of the molecule is c1ccc(N(c2ccc(-c3ccc4c(c3)oc3ccccc34)cc2)c2ccc(-c3cc(-n4c5ccccc5c5ccccc54)cc4c3sc3ccccc34)cc2)cc1. The topological polar surface area (TPSA) is 21.3 Å². The minimum absolute atomic E-state index is 0.905. The number of para-hydroxylation sites is 4. The Morgan fingerprint density at radius 1 is 0.379 bits per heavy atom. The van der Waals surface area contributed by atoms with E-state index in [9.17, 15) is 0 Å². The summed E-state index contributed by atoms with van der Waals surface area (Å²) in [5.41, 5.74) is 13.4. The summed E-state index contributed by atoms with van der Waals surface area (Å²) >= 11 is 1.88. The van der Waals surface area contributed by atoms with Crippen molar-refractivity contribution in [1.82, 2.24) is 4.57 Å². The number of thiophene rings is 1. The third-order valence-electron chi connectivity index (χ3n) is 11.6. The minimum atomic E-state index is 0.905. The van der Waals surface area contributed by atoms with E-state index in [2.05, 4.69) is 204 Å². The molecule has 0 saturated carbocycles. The number of fused-ring (bicyclic) bond motifs is 9. The van der Waals surface area contributed by atoms with Gasteiger partial charge in [0.05, 0.1) is 11.0 Å². The summed E-state index contributed by atoms with van der Waals surface area (Å²) in [7, 11) is 0. The van der Waals surface area contributed by atoms with Crippen molar-refractivity contribution in [3.63, 3.8) is 0 Å². The van der Waals surface area contributed by atoms with Crippen LogP contribution in [0.4, 0.5) is 17.1 Å². The first-order chi connectivity index (χ1) is 28.7. The summed E-state index contributed by atoms with van der Waals surface area (Å²) < 4.78 is 11.3. The van der Waals surface area contributed by atoms with Crippen LogP contribution in [0.3, 0.4) is 0 Å². The highest BCUT2D eigenvalue weighted by atomic mass is 32.1. The van der Waals surface area contributed by atoms with E-state index in [4.69, 9.17) is 4.42 Å². The average molecular weight is 759 g/mol. The smallest absolute Gasteiger partial charge is 0.136 e. The van der Waals surface area contributed by atoms with Crippen LogP contribution in [0.1, 0.15) is 0 Å². The number of furan rings is 1. The van der Waals surface area contributed by atoms with Crippen molar-refractivity contribution in [2.45, 2.75) is 0 Å². The van der Waals surface area contributed by atoms with E-state index >= 15 is 0 Å². The van der Waals surface area contributed by atoms with Gasteiger partial charge in [0.1, 0.15) is 11.2 Å². The van der Waals surface area contributed by atoms with Crippen LogP contribution in [0, 0.1) is 0 Å². The van der Waals surface area contributed by atoms with E-state index < -0.39 is 0 Å². The van der Waals surface area contributed by atoms with Gasteiger partial charge in [-0.05, 0) is 102 Å². The molecule has 0 aliphatic rings. The van der Waals surface area contributed by atoms with Gasteiger partial charge in [0.2, 0.25) is 0 Å². The molecule has 0 spiro atoms. The molecule has 4 heteroatoms. The second kappa shape index (κ2) is 13.1. The lowest BCUT2D eigenvalue weighted by Crippen LogP contribution is -2.09. The number of hydrogen-bond donors (Lipinski definition) is 0. The summed E-state index contributed by atoms with van der Waals surface area (Å²) in [4.78, 5) is 2.33. The minimum Gasteiger partial charge on any atom is -0.456 e. The molecular weight excluding hydrogens is 725 g/mol. The lowest BCUT2D eigenvalue weighted by molar-refractivity contribution is 0.669. The lowest BCUT2D eigenvalue weighted by Gasteiger charge is -2.26. The molecule has 272 valence electrons. The molecule has 12 rings (SSSR count). The summed E-state index contributed by atoms with van der Waals surface area (Å²) in [6.45, 7) is 0. The van der Waals surface area contributed by atoms with Gasteiger partial charge in [-0.1, -0.05) is 121 Å². The van der Waals surface area contributed by atoms with Gasteiger partial charge in [-0.2, -0.15) is 0 Å². The van der Waals surface area contributed by atoms with Crippen LogP contribution in [0.5, 0.6) is 0 Å². The van der Waals surface area contributed by atoms with Crippen LogP contribution in [0.2, 0.25) is 0 Å². The average Bonchev–Trinajstić information content (AvgIpc) is 3.96. The zero-order valence-corrected chi connectivity index (χ0v) is 32.2. The molecule has 0 N–H and O–H groups in total. The molecule has 3 heterocycles. The molecule has 0 aliphatic heterocycles. The van der Waals surface area contributed by atoms with E-state index in [1.54, 1.807) is 0 Å². The van der Waals surface area contributed by atoms with Crippen LogP contribution < -0.4 is 4.90 Å². The van der Waals surface area contributed by atoms with Crippen molar-refractivity contribution >= 4 is 92.3 Å². The molecule has 0 amide bonds. The lowest BCUT2D eigenvalue weighted by atomic mass is 10.0. The molecule has 3 nitrogen and oxygen atoms in total. The molecule has 9 aromatic carbocycles. The van der Waals surface area contributed by atoms with Gasteiger partial charge in [0.25, 0.3) is 0 Å². The first-order valence-corrected chi connectivity index (χ1v) is 20.5. The fraction of sp³-hybridized carbons (Fsp3) is 0. The maximum Gasteiger partial charge on any atom is 0.136 e. The van der Waals surface area contributed by atoms with Gasteiger partial charge in [-0.15, -0.1) is 11.3 Å². The normalized spacial score (nSPS) is 11.8. The summed E-state index contributed by atoms with van der Waals surface area (Å²) in [5, 5.41) is 7.39. The molecule has 0 atom stereocenters. The van der Waals surface area contributed by atoms with Gasteiger partial charge < -0.3 is 13.9 Å². The van der Waals surface area contributed by atoms with Gasteiger partial charge >= 0.3 is 0 Å². The first kappa shape index (κ1) is 32.8. The molecule has 58 heavy (non-hydrogen) atoms. The predicted molar refractivity (Wildman–Crippen MR) is 247 cm³/mol. The second-order valence-corrected chi connectivity index (χ2v) is 16.0. The van der Waals surface area contributed by atoms with Gasteiger partial charge in [0.15, 0.2) is 0 Å². The van der Waals surface area contributed by atoms with E-state index in [1.165, 1.54) is 53.1 Å². The third kappa shape index (κ3) is 5.19. The van der Waals surface area contributed by atoms with Crippen molar-refractivity contribution in [2.75, 3.05) is 4.90 Å². The molecule has 3 aromatic heterocycles. The Hall–Kier alpha value is -7.40. The number of aromatic nitrogens is 1. The van der Waals surface area contributed by atoms with Crippen molar-refractivity contribution in [3.8, 4) is 27.9 Å². The van der Waals surface area contributed by atoms with Gasteiger partial charge in [0, 0.05) is 70.0 Å². The van der Waals surface area contributed by atoms with Crippen molar-refractivity contribution in [2.24, 2.45) is 0 Å². The highest BCUT2D eigenvalue weighted by molar-refractivity contribution is 7.26. The zero-order valence-electron chi connectivity index (χ0n) is 31.3. The Morgan fingerprint density at radius 2 is 0.931 bits per heavy atom. The monoisotopic (exact) mass is 758 g/mol. The zero-order chi connectivity index (χ0) is 38.2. The number of hydrogen-bond acceptors (Lipinski definition) is 3. The van der Waals surface area contributed by atoms with Crippen LogP contribution >= 0.6 is 11.3 Å². The molecule has 12 aromatic rings. The van der Waals surface area contributed by atoms with Crippen molar-refractivity contribution < 1.29 is 4.42 Å². The third-order valence-corrected chi connectivity index (χ3v) is 12.8. The van der Waals surface area contributed by atoms with E-state index in [0.29, 0.717) is 0 Å². The van der Waals surface area contributed by atoms with E-state index in [-0.39, 0.29) is 0 Å². The van der Waals surface area contributed by atoms with E-state index in [1.807, 2.05) is 23.5 Å². The number of anilines is 3. The summed E-state index contributed by atoms with van der Waals surface area (Å²) in [6.07, 6.45) is 0. The molecular formula is C54H34N2OS. The molecule has 0 saturated heterocycles. The summed E-state index contributed by atoms with van der Waals surface area (Å²) in [5.74, 6) is 0. The number of rotatable bonds is 6. The molecule has 0 fully saturated rings. The molecule has 0 aliphatic carbocycles.